The SMILES string of the molecule is CC(C)c1ccc(C(CN)C(O)CC(C)(C)C)cc1. The molecule has 0 saturated carbocycles. The molecule has 2 unspecified atom stereocenters. The molecule has 19 heavy (non-hydrogen) atoms. The van der Waals surface area contributed by atoms with Crippen molar-refractivity contribution in [3.8, 4) is 0 Å². The van der Waals surface area contributed by atoms with Crippen molar-refractivity contribution in [1.29, 1.82) is 0 Å². The highest BCUT2D eigenvalue weighted by Gasteiger charge is 2.25. The maximum Gasteiger partial charge on any atom is 0.0625 e. The minimum absolute atomic E-state index is 0.0282. The van der Waals surface area contributed by atoms with Crippen molar-refractivity contribution < 1.29 is 5.11 Å². The molecular formula is C17H29NO. The van der Waals surface area contributed by atoms with Gasteiger partial charge < -0.3 is 10.8 Å². The fourth-order valence-corrected chi connectivity index (χ4v) is 2.41. The standard InChI is InChI=1S/C17H29NO/c1-12(2)13-6-8-14(9-7-13)15(11-18)16(19)10-17(3,4)5/h6-9,12,15-16,19H,10-11,18H2,1-5H3. The van der Waals surface area contributed by atoms with Crippen molar-refractivity contribution >= 4 is 0 Å². The van der Waals surface area contributed by atoms with E-state index in [9.17, 15) is 5.11 Å². The zero-order chi connectivity index (χ0) is 14.6. The van der Waals surface area contributed by atoms with E-state index in [4.69, 9.17) is 5.73 Å². The zero-order valence-electron chi connectivity index (χ0n) is 13.0. The van der Waals surface area contributed by atoms with Crippen LogP contribution in [0.4, 0.5) is 0 Å². The van der Waals surface area contributed by atoms with Gasteiger partial charge in [-0.15, -0.1) is 0 Å². The Bertz CT molecular complexity index is 375. The maximum atomic E-state index is 10.4. The van der Waals surface area contributed by atoms with Crippen LogP contribution in [0.3, 0.4) is 0 Å². The fourth-order valence-electron chi connectivity index (χ4n) is 2.41. The Kier molecular flexibility index (Phi) is 5.57. The maximum absolute atomic E-state index is 10.4. The molecule has 0 amide bonds. The van der Waals surface area contributed by atoms with E-state index in [-0.39, 0.29) is 17.4 Å². The van der Waals surface area contributed by atoms with Gasteiger partial charge in [0.15, 0.2) is 0 Å². The van der Waals surface area contributed by atoms with E-state index in [0.29, 0.717) is 12.5 Å². The third-order valence-corrected chi connectivity index (χ3v) is 3.57. The van der Waals surface area contributed by atoms with Gasteiger partial charge in [0.25, 0.3) is 0 Å². The average molecular weight is 263 g/mol. The Hall–Kier alpha value is -0.860. The van der Waals surface area contributed by atoms with E-state index < -0.39 is 0 Å². The van der Waals surface area contributed by atoms with Crippen LogP contribution in [0.15, 0.2) is 24.3 Å². The topological polar surface area (TPSA) is 46.2 Å². The molecule has 0 saturated heterocycles. The minimum Gasteiger partial charge on any atom is -0.392 e. The highest BCUT2D eigenvalue weighted by molar-refractivity contribution is 5.28. The van der Waals surface area contributed by atoms with E-state index in [1.807, 2.05) is 0 Å². The Morgan fingerprint density at radius 3 is 1.89 bits per heavy atom. The van der Waals surface area contributed by atoms with Crippen LogP contribution >= 0.6 is 0 Å². The summed E-state index contributed by atoms with van der Waals surface area (Å²) in [4.78, 5) is 0. The van der Waals surface area contributed by atoms with E-state index in [0.717, 1.165) is 12.0 Å². The second-order valence-corrected chi connectivity index (χ2v) is 7.00. The molecule has 0 radical (unpaired) electrons. The highest BCUT2D eigenvalue weighted by Crippen LogP contribution is 2.29. The monoisotopic (exact) mass is 263 g/mol. The molecule has 0 bridgehead atoms. The van der Waals surface area contributed by atoms with Gasteiger partial charge in [-0.3, -0.25) is 0 Å². The molecule has 0 heterocycles. The third-order valence-electron chi connectivity index (χ3n) is 3.57. The first kappa shape index (κ1) is 16.2. The molecular weight excluding hydrogens is 234 g/mol. The Labute approximate surface area is 118 Å². The molecule has 1 aromatic rings. The second-order valence-electron chi connectivity index (χ2n) is 7.00. The quantitative estimate of drug-likeness (QED) is 0.852. The second kappa shape index (κ2) is 6.53. The predicted molar refractivity (Wildman–Crippen MR) is 82.4 cm³/mol. The smallest absolute Gasteiger partial charge is 0.0625 e. The fraction of sp³-hybridized carbons (Fsp3) is 0.647. The molecule has 3 N–H and O–H groups in total. The van der Waals surface area contributed by atoms with Crippen LogP contribution in [-0.2, 0) is 0 Å². The number of aliphatic hydroxyl groups excluding tert-OH is 1. The molecule has 0 aliphatic rings. The van der Waals surface area contributed by atoms with Crippen LogP contribution in [0.1, 0.15) is 64.0 Å². The summed E-state index contributed by atoms with van der Waals surface area (Å²) in [5, 5.41) is 10.4. The molecule has 108 valence electrons. The lowest BCUT2D eigenvalue weighted by atomic mass is 9.82. The summed E-state index contributed by atoms with van der Waals surface area (Å²) in [6.07, 6.45) is 0.385. The van der Waals surface area contributed by atoms with Gasteiger partial charge in [0.2, 0.25) is 0 Å². The number of nitrogens with two attached hydrogens (primary N) is 1. The summed E-state index contributed by atoms with van der Waals surface area (Å²) in [7, 11) is 0. The first-order valence-corrected chi connectivity index (χ1v) is 7.22. The number of hydrogen-bond acceptors (Lipinski definition) is 2. The molecule has 0 aliphatic heterocycles. The minimum atomic E-state index is -0.380. The largest absolute Gasteiger partial charge is 0.392 e. The number of rotatable bonds is 5. The Balaban J connectivity index is 2.84. The number of hydrogen-bond donors (Lipinski definition) is 2. The molecule has 2 heteroatoms. The van der Waals surface area contributed by atoms with E-state index >= 15 is 0 Å². The average Bonchev–Trinajstić information content (AvgIpc) is 2.28. The van der Waals surface area contributed by atoms with Crippen LogP contribution in [0.5, 0.6) is 0 Å². The van der Waals surface area contributed by atoms with Gasteiger partial charge >= 0.3 is 0 Å². The summed E-state index contributed by atoms with van der Waals surface area (Å²) in [6.45, 7) is 11.3. The highest BCUT2D eigenvalue weighted by atomic mass is 16.3. The third kappa shape index (κ3) is 4.96. The molecule has 0 fully saturated rings. The van der Waals surface area contributed by atoms with Crippen molar-refractivity contribution in [3.05, 3.63) is 35.4 Å². The van der Waals surface area contributed by atoms with Gasteiger partial charge in [-0.1, -0.05) is 58.9 Å². The van der Waals surface area contributed by atoms with Crippen LogP contribution in [0.2, 0.25) is 0 Å². The lowest BCUT2D eigenvalue weighted by Crippen LogP contribution is -2.29. The van der Waals surface area contributed by atoms with E-state index in [1.165, 1.54) is 5.56 Å². The van der Waals surface area contributed by atoms with Crippen LogP contribution in [0.25, 0.3) is 0 Å². The lowest BCUT2D eigenvalue weighted by Gasteiger charge is -2.28. The van der Waals surface area contributed by atoms with Crippen molar-refractivity contribution in [2.75, 3.05) is 6.54 Å². The van der Waals surface area contributed by atoms with Gasteiger partial charge in [0.1, 0.15) is 0 Å². The first-order valence-electron chi connectivity index (χ1n) is 7.22. The van der Waals surface area contributed by atoms with Crippen LogP contribution < -0.4 is 5.73 Å². The molecule has 0 spiro atoms. The number of benzene rings is 1. The Morgan fingerprint density at radius 1 is 1.05 bits per heavy atom. The summed E-state index contributed by atoms with van der Waals surface area (Å²) >= 11 is 0. The number of aliphatic hydroxyl groups is 1. The normalized spacial score (nSPS) is 15.6. The summed E-state index contributed by atoms with van der Waals surface area (Å²) in [6, 6.07) is 8.51. The Morgan fingerprint density at radius 2 is 1.53 bits per heavy atom. The summed E-state index contributed by atoms with van der Waals surface area (Å²) in [5.41, 5.74) is 8.44. The lowest BCUT2D eigenvalue weighted by molar-refractivity contribution is 0.0972. The molecule has 2 nitrogen and oxygen atoms in total. The van der Waals surface area contributed by atoms with E-state index in [1.54, 1.807) is 0 Å². The van der Waals surface area contributed by atoms with Crippen molar-refractivity contribution in [2.45, 2.75) is 59.0 Å². The van der Waals surface area contributed by atoms with Gasteiger partial charge in [-0.05, 0) is 28.9 Å². The molecule has 2 atom stereocenters. The molecule has 0 aromatic heterocycles. The zero-order valence-corrected chi connectivity index (χ0v) is 13.0. The van der Waals surface area contributed by atoms with Gasteiger partial charge in [-0.2, -0.15) is 0 Å². The van der Waals surface area contributed by atoms with Crippen molar-refractivity contribution in [2.24, 2.45) is 11.1 Å². The molecule has 1 rings (SSSR count). The predicted octanol–water partition coefficient (Wildman–Crippen LogP) is 3.65. The molecule has 1 aromatic carbocycles. The van der Waals surface area contributed by atoms with Crippen molar-refractivity contribution in [1.82, 2.24) is 0 Å². The summed E-state index contributed by atoms with van der Waals surface area (Å²) in [5.74, 6) is 0.560. The first-order chi connectivity index (χ1) is 8.74. The van der Waals surface area contributed by atoms with E-state index in [2.05, 4.69) is 58.9 Å². The summed E-state index contributed by atoms with van der Waals surface area (Å²) < 4.78 is 0. The van der Waals surface area contributed by atoms with Gasteiger partial charge in [0.05, 0.1) is 6.10 Å². The van der Waals surface area contributed by atoms with Gasteiger partial charge in [-0.25, -0.2) is 0 Å². The van der Waals surface area contributed by atoms with Crippen LogP contribution in [-0.4, -0.2) is 17.8 Å². The van der Waals surface area contributed by atoms with Gasteiger partial charge in [0, 0.05) is 12.5 Å². The molecule has 0 aliphatic carbocycles. The van der Waals surface area contributed by atoms with Crippen molar-refractivity contribution in [3.63, 3.8) is 0 Å². The van der Waals surface area contributed by atoms with Crippen LogP contribution in [0, 0.1) is 5.41 Å².